The van der Waals surface area contributed by atoms with E-state index in [9.17, 15) is 0 Å². The maximum absolute atomic E-state index is 5.37. The fraction of sp³-hybridized carbons (Fsp3) is 0.533. The van der Waals surface area contributed by atoms with E-state index < -0.39 is 0 Å². The molecule has 0 saturated heterocycles. The quantitative estimate of drug-likeness (QED) is 0.657. The number of nitrogens with zero attached hydrogens (tertiary/aromatic N) is 1. The Morgan fingerprint density at radius 3 is 2.70 bits per heavy atom. The van der Waals surface area contributed by atoms with Crippen molar-refractivity contribution >= 4 is 5.96 Å². The second-order valence-electron chi connectivity index (χ2n) is 5.76. The van der Waals surface area contributed by atoms with Gasteiger partial charge in [-0.25, -0.2) is 4.99 Å². The Morgan fingerprint density at radius 2 is 2.00 bits per heavy atom. The number of aliphatic imine (C=N–C) groups is 1. The zero-order valence-electron chi connectivity index (χ0n) is 12.6. The number of ether oxygens (including phenoxy) is 2. The predicted octanol–water partition coefficient (Wildman–Crippen LogP) is 2.27. The maximum atomic E-state index is 5.37. The van der Waals surface area contributed by atoms with E-state index in [1.165, 1.54) is 0 Å². The summed E-state index contributed by atoms with van der Waals surface area (Å²) in [6.07, 6.45) is 0. The average molecular weight is 277 g/mol. The lowest BCUT2D eigenvalue weighted by Gasteiger charge is -2.23. The summed E-state index contributed by atoms with van der Waals surface area (Å²) < 4.78 is 10.7. The van der Waals surface area contributed by atoms with Crippen LogP contribution < -0.4 is 20.1 Å². The van der Waals surface area contributed by atoms with Crippen LogP contribution in [0, 0.1) is 0 Å². The topological polar surface area (TPSA) is 54.9 Å². The number of guanidine groups is 1. The van der Waals surface area contributed by atoms with Gasteiger partial charge in [-0.2, -0.15) is 0 Å². The van der Waals surface area contributed by atoms with Crippen LogP contribution in [0.4, 0.5) is 0 Å². The van der Waals surface area contributed by atoms with E-state index >= 15 is 0 Å². The summed E-state index contributed by atoms with van der Waals surface area (Å²) in [7, 11) is 0. The van der Waals surface area contributed by atoms with Crippen molar-refractivity contribution < 1.29 is 9.47 Å². The van der Waals surface area contributed by atoms with Crippen molar-refractivity contribution in [1.82, 2.24) is 10.6 Å². The lowest BCUT2D eigenvalue weighted by atomic mass is 10.1. The smallest absolute Gasteiger partial charge is 0.231 e. The summed E-state index contributed by atoms with van der Waals surface area (Å²) in [4.78, 5) is 4.59. The first-order valence-electron chi connectivity index (χ1n) is 6.93. The molecule has 0 amide bonds. The number of hydrogen-bond acceptors (Lipinski definition) is 3. The molecule has 0 saturated carbocycles. The van der Waals surface area contributed by atoms with E-state index in [1.807, 2.05) is 18.2 Å². The Hall–Kier alpha value is -1.91. The lowest BCUT2D eigenvalue weighted by molar-refractivity contribution is 0.174. The molecule has 2 N–H and O–H groups in total. The minimum atomic E-state index is -0.0180. The van der Waals surface area contributed by atoms with Crippen molar-refractivity contribution in [2.45, 2.75) is 39.8 Å². The molecule has 0 radical (unpaired) electrons. The molecule has 0 unspecified atom stereocenters. The monoisotopic (exact) mass is 277 g/mol. The third-order valence-electron chi connectivity index (χ3n) is 2.69. The molecule has 0 spiro atoms. The summed E-state index contributed by atoms with van der Waals surface area (Å²) >= 11 is 0. The molecule has 110 valence electrons. The first kappa shape index (κ1) is 14.5. The van der Waals surface area contributed by atoms with E-state index in [0.29, 0.717) is 13.3 Å². The van der Waals surface area contributed by atoms with E-state index in [4.69, 9.17) is 9.47 Å². The highest BCUT2D eigenvalue weighted by atomic mass is 16.7. The second kappa shape index (κ2) is 6.03. The Bertz CT molecular complexity index is 492. The molecular formula is C15H23N3O2. The molecule has 1 aromatic carbocycles. The molecule has 1 aromatic rings. The van der Waals surface area contributed by atoms with Crippen molar-refractivity contribution in [3.05, 3.63) is 23.8 Å². The summed E-state index contributed by atoms with van der Waals surface area (Å²) in [5.74, 6) is 2.42. The van der Waals surface area contributed by atoms with Crippen LogP contribution in [-0.2, 0) is 6.54 Å². The molecule has 1 aliphatic rings. The van der Waals surface area contributed by atoms with Crippen molar-refractivity contribution in [2.24, 2.45) is 4.99 Å². The summed E-state index contributed by atoms with van der Waals surface area (Å²) in [6.45, 7) is 10.1. The van der Waals surface area contributed by atoms with Gasteiger partial charge in [0.2, 0.25) is 6.79 Å². The summed E-state index contributed by atoms with van der Waals surface area (Å²) in [5, 5.41) is 6.61. The first-order valence-corrected chi connectivity index (χ1v) is 6.93. The highest BCUT2D eigenvalue weighted by molar-refractivity contribution is 5.80. The number of benzene rings is 1. The van der Waals surface area contributed by atoms with Gasteiger partial charge in [-0.15, -0.1) is 0 Å². The molecule has 1 heterocycles. The molecule has 0 aliphatic carbocycles. The number of rotatable bonds is 3. The van der Waals surface area contributed by atoms with Gasteiger partial charge in [0, 0.05) is 12.1 Å². The Labute approximate surface area is 120 Å². The van der Waals surface area contributed by atoms with Crippen LogP contribution in [0.2, 0.25) is 0 Å². The number of fused-ring (bicyclic) bond motifs is 1. The van der Waals surface area contributed by atoms with Gasteiger partial charge in [0.05, 0.1) is 6.54 Å². The standard InChI is InChI=1S/C15H23N3O2/c1-5-16-14(18-15(2,3)4)17-9-11-6-7-12-13(8-11)20-10-19-12/h6-8H,5,9-10H2,1-4H3,(H2,16,17,18). The van der Waals surface area contributed by atoms with E-state index in [-0.39, 0.29) is 5.54 Å². The van der Waals surface area contributed by atoms with Crippen molar-refractivity contribution in [3.63, 3.8) is 0 Å². The highest BCUT2D eigenvalue weighted by Crippen LogP contribution is 2.32. The fourth-order valence-corrected chi connectivity index (χ4v) is 1.87. The Balaban J connectivity index is 2.05. The lowest BCUT2D eigenvalue weighted by Crippen LogP contribution is -2.47. The predicted molar refractivity (Wildman–Crippen MR) is 80.3 cm³/mol. The van der Waals surface area contributed by atoms with Crippen LogP contribution >= 0.6 is 0 Å². The second-order valence-corrected chi connectivity index (χ2v) is 5.76. The summed E-state index contributed by atoms with van der Waals surface area (Å²) in [6, 6.07) is 5.92. The molecule has 20 heavy (non-hydrogen) atoms. The maximum Gasteiger partial charge on any atom is 0.231 e. The van der Waals surface area contributed by atoms with Gasteiger partial charge >= 0.3 is 0 Å². The van der Waals surface area contributed by atoms with Gasteiger partial charge in [0.1, 0.15) is 0 Å². The van der Waals surface area contributed by atoms with E-state index in [2.05, 4.69) is 43.3 Å². The van der Waals surface area contributed by atoms with Gasteiger partial charge in [-0.1, -0.05) is 6.07 Å². The first-order chi connectivity index (χ1) is 9.48. The van der Waals surface area contributed by atoms with Crippen molar-refractivity contribution in [3.8, 4) is 11.5 Å². The molecule has 0 aromatic heterocycles. The Morgan fingerprint density at radius 1 is 1.25 bits per heavy atom. The minimum absolute atomic E-state index is 0.0180. The van der Waals surface area contributed by atoms with Gasteiger partial charge in [-0.3, -0.25) is 0 Å². The van der Waals surface area contributed by atoms with Crippen LogP contribution in [0.25, 0.3) is 0 Å². The van der Waals surface area contributed by atoms with Gasteiger partial charge in [0.25, 0.3) is 0 Å². The zero-order valence-corrected chi connectivity index (χ0v) is 12.6. The molecular weight excluding hydrogens is 254 g/mol. The average Bonchev–Trinajstić information content (AvgIpc) is 2.81. The van der Waals surface area contributed by atoms with E-state index in [1.54, 1.807) is 0 Å². The highest BCUT2D eigenvalue weighted by Gasteiger charge is 2.14. The molecule has 0 atom stereocenters. The summed E-state index contributed by atoms with van der Waals surface area (Å²) in [5.41, 5.74) is 1.08. The molecule has 0 fully saturated rings. The van der Waals surface area contributed by atoms with Crippen LogP contribution in [-0.4, -0.2) is 24.8 Å². The normalized spacial score (nSPS) is 14.3. The molecule has 5 nitrogen and oxygen atoms in total. The zero-order chi connectivity index (χ0) is 14.6. The Kier molecular flexibility index (Phi) is 4.37. The fourth-order valence-electron chi connectivity index (χ4n) is 1.87. The molecule has 1 aliphatic heterocycles. The minimum Gasteiger partial charge on any atom is -0.454 e. The number of nitrogens with one attached hydrogen (secondary N) is 2. The van der Waals surface area contributed by atoms with Gasteiger partial charge in [-0.05, 0) is 45.4 Å². The molecule has 5 heteroatoms. The van der Waals surface area contributed by atoms with Crippen molar-refractivity contribution in [2.75, 3.05) is 13.3 Å². The van der Waals surface area contributed by atoms with Crippen LogP contribution in [0.1, 0.15) is 33.3 Å². The van der Waals surface area contributed by atoms with Crippen molar-refractivity contribution in [1.29, 1.82) is 0 Å². The van der Waals surface area contributed by atoms with Gasteiger partial charge in [0.15, 0.2) is 17.5 Å². The third kappa shape index (κ3) is 4.05. The van der Waals surface area contributed by atoms with Crippen LogP contribution in [0.5, 0.6) is 11.5 Å². The molecule has 0 bridgehead atoms. The van der Waals surface area contributed by atoms with Crippen LogP contribution in [0.15, 0.2) is 23.2 Å². The number of hydrogen-bond donors (Lipinski definition) is 2. The third-order valence-corrected chi connectivity index (χ3v) is 2.69. The van der Waals surface area contributed by atoms with Crippen LogP contribution in [0.3, 0.4) is 0 Å². The van der Waals surface area contributed by atoms with Gasteiger partial charge < -0.3 is 20.1 Å². The SMILES string of the molecule is CCNC(=NCc1ccc2c(c1)OCO2)NC(C)(C)C. The molecule has 2 rings (SSSR count). The largest absolute Gasteiger partial charge is 0.454 e. The van der Waals surface area contributed by atoms with E-state index in [0.717, 1.165) is 29.6 Å².